The van der Waals surface area contributed by atoms with Crippen molar-refractivity contribution in [1.29, 1.82) is 5.26 Å². The van der Waals surface area contributed by atoms with Crippen LogP contribution in [0, 0.1) is 16.2 Å². The van der Waals surface area contributed by atoms with Crippen LogP contribution in [0.25, 0.3) is 10.9 Å². The minimum Gasteiger partial charge on any atom is -0.370 e. The third-order valence-corrected chi connectivity index (χ3v) is 9.03. The van der Waals surface area contributed by atoms with E-state index < -0.39 is 79.0 Å². The molecule has 20 heteroatoms. The summed E-state index contributed by atoms with van der Waals surface area (Å²) in [5.41, 5.74) is 6.95. The summed E-state index contributed by atoms with van der Waals surface area (Å²) in [7, 11) is 3.41. The summed E-state index contributed by atoms with van der Waals surface area (Å²) in [5, 5.41) is 22.1. The Balaban J connectivity index is 1.39. The van der Waals surface area contributed by atoms with Gasteiger partial charge in [-0.1, -0.05) is 42.5 Å². The number of nitrogens with two attached hydrogens (primary N) is 1. The number of hydrogen-bond donors (Lipinski definition) is 5. The number of para-hydroxylation sites is 1. The molecule has 0 bridgehead atoms. The number of aromatic nitrogens is 1. The number of anilines is 1. The summed E-state index contributed by atoms with van der Waals surface area (Å²) >= 11 is 0. The van der Waals surface area contributed by atoms with Gasteiger partial charge in [0.2, 0.25) is 23.6 Å². The zero-order valence-electron chi connectivity index (χ0n) is 31.7. The molecule has 58 heavy (non-hydrogen) atoms. The highest BCUT2D eigenvalue weighted by Gasteiger charge is 2.47. The van der Waals surface area contributed by atoms with E-state index >= 15 is 0 Å². The van der Waals surface area contributed by atoms with E-state index in [0.29, 0.717) is 12.0 Å². The van der Waals surface area contributed by atoms with Gasteiger partial charge in [0.25, 0.3) is 11.8 Å². The first-order chi connectivity index (χ1) is 27.6. The molecule has 6 N–H and O–H groups in total. The van der Waals surface area contributed by atoms with Crippen LogP contribution in [0.3, 0.4) is 0 Å². The number of nitrogens with one attached hydrogen (secondary N) is 4. The van der Waals surface area contributed by atoms with Crippen molar-refractivity contribution in [3.05, 3.63) is 76.8 Å². The molecule has 1 aliphatic rings. The zero-order chi connectivity index (χ0) is 42.4. The maximum absolute atomic E-state index is 13.8. The summed E-state index contributed by atoms with van der Waals surface area (Å²) in [4.78, 5) is 99.6. The van der Waals surface area contributed by atoms with Crippen LogP contribution in [0.4, 0.5) is 14.5 Å². The molecule has 0 spiro atoms. The summed E-state index contributed by atoms with van der Waals surface area (Å²) in [6.07, 6.45) is 0.131. The average molecular weight is 804 g/mol. The van der Waals surface area contributed by atoms with Crippen LogP contribution in [0.1, 0.15) is 48.0 Å². The lowest BCUT2D eigenvalue weighted by atomic mass is 10.0. The van der Waals surface area contributed by atoms with Crippen LogP contribution >= 0.6 is 0 Å². The number of halogens is 2. The molecule has 4 rings (SSSR count). The number of amides is 6. The number of fused-ring (bicyclic) bond motifs is 1. The molecule has 0 saturated carbocycles. The monoisotopic (exact) mass is 803 g/mol. The number of guanidine groups is 1. The van der Waals surface area contributed by atoms with Gasteiger partial charge in [-0.2, -0.15) is 5.26 Å². The number of carbonyl (C=O) groups is 6. The van der Waals surface area contributed by atoms with Crippen molar-refractivity contribution in [3.8, 4) is 6.07 Å². The lowest BCUT2D eigenvalue weighted by Crippen LogP contribution is -2.52. The van der Waals surface area contributed by atoms with Crippen molar-refractivity contribution in [2.45, 2.75) is 62.6 Å². The quantitative estimate of drug-likeness (QED) is 0.0567. The van der Waals surface area contributed by atoms with Gasteiger partial charge >= 0.3 is 5.91 Å². The van der Waals surface area contributed by atoms with E-state index in [4.69, 9.17) is 5.73 Å². The van der Waals surface area contributed by atoms with E-state index in [0.717, 1.165) is 4.90 Å². The molecule has 1 fully saturated rings. The Morgan fingerprint density at radius 3 is 2.43 bits per heavy atom. The zero-order valence-corrected chi connectivity index (χ0v) is 31.7. The maximum atomic E-state index is 13.8. The lowest BCUT2D eigenvalue weighted by Gasteiger charge is -2.21. The van der Waals surface area contributed by atoms with Gasteiger partial charge in [-0.25, -0.2) is 8.78 Å². The predicted molar refractivity (Wildman–Crippen MR) is 207 cm³/mol. The van der Waals surface area contributed by atoms with Crippen LogP contribution in [-0.4, -0.2) is 114 Å². The first-order valence-corrected chi connectivity index (χ1v) is 18.1. The van der Waals surface area contributed by atoms with Crippen molar-refractivity contribution in [1.82, 2.24) is 30.7 Å². The minimum absolute atomic E-state index is 0.0251. The molecular formula is C38H43F2N11O7. The van der Waals surface area contributed by atoms with E-state index in [9.17, 15) is 47.7 Å². The first kappa shape index (κ1) is 43.8. The molecule has 306 valence electrons. The number of aliphatic imine (C=N–C) groups is 1. The molecule has 1 aliphatic heterocycles. The summed E-state index contributed by atoms with van der Waals surface area (Å²) in [6, 6.07) is 12.5. The smallest absolute Gasteiger partial charge is 0.308 e. The molecule has 1 aromatic heterocycles. The number of hydrogen-bond acceptors (Lipinski definition) is 10. The molecule has 6 amide bonds. The molecule has 3 aromatic rings. The number of alkyl halides is 2. The molecule has 1 saturated heterocycles. The predicted octanol–water partition coefficient (Wildman–Crippen LogP) is 1.60. The van der Waals surface area contributed by atoms with E-state index in [-0.39, 0.29) is 60.3 Å². The number of rotatable bonds is 17. The SMILES string of the molecule is CN(C)C(N)=NCCC[C@H](NC(=O)CCC(=O)Nc1cccc2c(C(=O)NCC(=O)N3CC(F)(F)C[C@H]3C#N)ccnc12)C(=O)N[C@@H](Cc1ccccc1)C(=O)N=O. The van der Waals surface area contributed by atoms with E-state index in [1.165, 1.54) is 24.4 Å². The Kier molecular flexibility index (Phi) is 15.3. The third-order valence-electron chi connectivity index (χ3n) is 9.03. The second-order valence-corrected chi connectivity index (χ2v) is 13.6. The van der Waals surface area contributed by atoms with Gasteiger partial charge < -0.3 is 36.8 Å². The molecule has 0 unspecified atom stereocenters. The Morgan fingerprint density at radius 2 is 1.74 bits per heavy atom. The molecule has 3 atom stereocenters. The summed E-state index contributed by atoms with van der Waals surface area (Å²) in [5.74, 6) is -7.69. The maximum Gasteiger partial charge on any atom is 0.308 e. The van der Waals surface area contributed by atoms with Crippen molar-refractivity contribution in [2.24, 2.45) is 15.9 Å². The first-order valence-electron chi connectivity index (χ1n) is 18.1. The third kappa shape index (κ3) is 12.3. The fraction of sp³-hybridized carbons (Fsp3) is 0.395. The Labute approximate surface area is 331 Å². The van der Waals surface area contributed by atoms with Crippen LogP contribution in [0.5, 0.6) is 0 Å². The number of nitroso groups, excluding NO2 is 1. The van der Waals surface area contributed by atoms with Crippen molar-refractivity contribution < 1.29 is 37.5 Å². The summed E-state index contributed by atoms with van der Waals surface area (Å²) in [6.45, 7) is -1.36. The molecule has 0 aliphatic carbocycles. The van der Waals surface area contributed by atoms with E-state index in [2.05, 4.69) is 36.4 Å². The number of benzene rings is 2. The topological polar surface area (TPSA) is 262 Å². The van der Waals surface area contributed by atoms with E-state index in [1.807, 2.05) is 0 Å². The number of likely N-dealkylation sites (tertiary alicyclic amines) is 1. The number of carbonyl (C=O) groups excluding carboxylic acids is 6. The number of nitriles is 1. The fourth-order valence-electron chi connectivity index (χ4n) is 6.01. The molecule has 0 radical (unpaired) electrons. The van der Waals surface area contributed by atoms with E-state index in [1.54, 1.807) is 61.5 Å². The van der Waals surface area contributed by atoms with Crippen molar-refractivity contribution >= 4 is 58.0 Å². The van der Waals surface area contributed by atoms with Gasteiger partial charge in [0, 0.05) is 63.1 Å². The minimum atomic E-state index is -3.21. The van der Waals surface area contributed by atoms with Gasteiger partial charge in [-0.3, -0.25) is 38.7 Å². The largest absolute Gasteiger partial charge is 0.370 e. The highest BCUT2D eigenvalue weighted by molar-refractivity contribution is 6.11. The highest BCUT2D eigenvalue weighted by Crippen LogP contribution is 2.31. The molecule has 18 nitrogen and oxygen atoms in total. The highest BCUT2D eigenvalue weighted by atomic mass is 19.3. The van der Waals surface area contributed by atoms with Crippen LogP contribution in [-0.2, 0) is 30.4 Å². The van der Waals surface area contributed by atoms with Gasteiger partial charge in [0.1, 0.15) is 18.1 Å². The van der Waals surface area contributed by atoms with Crippen molar-refractivity contribution in [3.63, 3.8) is 0 Å². The summed E-state index contributed by atoms with van der Waals surface area (Å²) < 4.78 is 27.6. The normalized spacial score (nSPS) is 15.7. The van der Waals surface area contributed by atoms with Gasteiger partial charge in [-0.15, -0.1) is 4.91 Å². The van der Waals surface area contributed by atoms with Crippen LogP contribution < -0.4 is 27.0 Å². The van der Waals surface area contributed by atoms with Gasteiger partial charge in [-0.05, 0) is 30.5 Å². The Bertz CT molecular complexity index is 2090. The Hall–Kier alpha value is -6.91. The standard InChI is InChI=1S/C38H43F2N11O7/c1-50(2)37(42)44-16-7-12-28(35(56)48-29(36(57)49-58)18-23-8-4-3-5-9-23)47-31(53)14-13-30(52)46-27-11-6-10-25-26(15-17-43-33(25)27)34(55)45-21-32(54)51-22-38(39,40)19-24(51)20-41/h3-6,8-11,15,17,24,28-29H,7,12-14,16,18-19,21-22H2,1-2H3,(H2,42,44)(H,45,55)(H,46,52)(H,47,53)(H,48,56)/t24-,28-,29-/m0/s1. The number of nitrogens with zero attached hydrogens (tertiary/aromatic N) is 6. The van der Waals surface area contributed by atoms with Gasteiger partial charge in [0.15, 0.2) is 5.96 Å². The van der Waals surface area contributed by atoms with Crippen LogP contribution in [0.2, 0.25) is 0 Å². The second-order valence-electron chi connectivity index (χ2n) is 13.6. The Morgan fingerprint density at radius 1 is 1.02 bits per heavy atom. The van der Waals surface area contributed by atoms with Crippen molar-refractivity contribution in [2.75, 3.05) is 39.0 Å². The second kappa shape index (κ2) is 20.3. The lowest BCUT2D eigenvalue weighted by molar-refractivity contribution is -0.131. The average Bonchev–Trinajstić information content (AvgIpc) is 3.53. The van der Waals surface area contributed by atoms with Crippen LogP contribution in [0.15, 0.2) is 71.0 Å². The number of pyridine rings is 1. The molecule has 2 aromatic carbocycles. The molecular weight excluding hydrogens is 760 g/mol. The van der Waals surface area contributed by atoms with Gasteiger partial charge in [0.05, 0.1) is 35.9 Å². The fourth-order valence-corrected chi connectivity index (χ4v) is 6.01. The molecule has 2 heterocycles.